The van der Waals surface area contributed by atoms with Gasteiger partial charge in [-0.3, -0.25) is 0 Å². The molecule has 0 unspecified atom stereocenters. The van der Waals surface area contributed by atoms with Crippen LogP contribution >= 0.6 is 0 Å². The van der Waals surface area contributed by atoms with E-state index in [0.29, 0.717) is 12.1 Å². The summed E-state index contributed by atoms with van der Waals surface area (Å²) >= 11 is 0. The first kappa shape index (κ1) is 22.3. The number of nitrogens with zero attached hydrogens (tertiary/aromatic N) is 2. The summed E-state index contributed by atoms with van der Waals surface area (Å²) in [6.07, 6.45) is -3.05. The second-order valence-corrected chi connectivity index (χ2v) is 7.33. The Morgan fingerprint density at radius 3 is 1.97 bits per heavy atom. The quantitative estimate of drug-likeness (QED) is 0.472. The summed E-state index contributed by atoms with van der Waals surface area (Å²) in [5.74, 6) is 0.145. The van der Waals surface area contributed by atoms with Gasteiger partial charge in [0.05, 0.1) is 11.1 Å². The molecule has 1 aromatic carbocycles. The highest BCUT2D eigenvalue weighted by molar-refractivity contribution is 5.76. The van der Waals surface area contributed by atoms with E-state index in [-0.39, 0.29) is 34.9 Å². The van der Waals surface area contributed by atoms with Gasteiger partial charge in [-0.25, -0.2) is 9.97 Å². The van der Waals surface area contributed by atoms with Crippen molar-refractivity contribution in [1.82, 2.24) is 9.97 Å². The fourth-order valence-corrected chi connectivity index (χ4v) is 3.54. The van der Waals surface area contributed by atoms with Crippen molar-refractivity contribution in [2.24, 2.45) is 0 Å². The van der Waals surface area contributed by atoms with Crippen LogP contribution in [0.15, 0.2) is 24.4 Å². The lowest BCUT2D eigenvalue weighted by Gasteiger charge is -2.21. The zero-order chi connectivity index (χ0) is 21.9. The fourth-order valence-electron chi connectivity index (χ4n) is 3.54. The lowest BCUT2D eigenvalue weighted by Crippen LogP contribution is -2.20. The first-order valence-electron chi connectivity index (χ1n) is 9.61. The van der Waals surface area contributed by atoms with E-state index < -0.39 is 30.1 Å². The summed E-state index contributed by atoms with van der Waals surface area (Å²) in [6, 6.07) is 1.39. The monoisotopic (exact) mass is 433 g/mol. The van der Waals surface area contributed by atoms with Gasteiger partial charge in [0.25, 0.3) is 0 Å². The molecular formula is C20H21F6N3O. The van der Waals surface area contributed by atoms with Gasteiger partial charge in [0.2, 0.25) is 0 Å². The predicted octanol–water partition coefficient (Wildman–Crippen LogP) is 5.81. The number of aromatic nitrogens is 2. The van der Waals surface area contributed by atoms with Crippen LogP contribution in [0.1, 0.15) is 55.5 Å². The lowest BCUT2D eigenvalue weighted by atomic mass is 9.99. The Kier molecular flexibility index (Phi) is 6.54. The molecule has 2 aromatic rings. The highest BCUT2D eigenvalue weighted by Crippen LogP contribution is 2.40. The smallest absolute Gasteiger partial charge is 0.388 e. The van der Waals surface area contributed by atoms with Crippen molar-refractivity contribution in [2.75, 3.05) is 5.32 Å². The third kappa shape index (κ3) is 5.41. The Hall–Kier alpha value is -2.36. The van der Waals surface area contributed by atoms with E-state index >= 15 is 0 Å². The van der Waals surface area contributed by atoms with Crippen LogP contribution in [0.3, 0.4) is 0 Å². The molecule has 0 spiro atoms. The molecule has 1 aliphatic carbocycles. The number of benzene rings is 1. The fraction of sp³-hybridized carbons (Fsp3) is 0.500. The van der Waals surface area contributed by atoms with Gasteiger partial charge < -0.3 is 10.4 Å². The molecule has 0 radical (unpaired) electrons. The molecule has 0 bridgehead atoms. The van der Waals surface area contributed by atoms with Gasteiger partial charge >= 0.3 is 12.4 Å². The third-order valence-electron chi connectivity index (χ3n) is 5.07. The first-order valence-corrected chi connectivity index (χ1v) is 9.61. The summed E-state index contributed by atoms with van der Waals surface area (Å²) < 4.78 is 79.4. The van der Waals surface area contributed by atoms with E-state index in [1.807, 2.05) is 0 Å². The summed E-state index contributed by atoms with van der Waals surface area (Å²) in [5.41, 5.74) is -3.08. The van der Waals surface area contributed by atoms with Crippen molar-refractivity contribution in [1.29, 1.82) is 0 Å². The second-order valence-electron chi connectivity index (χ2n) is 7.33. The van der Waals surface area contributed by atoms with Gasteiger partial charge in [-0.05, 0) is 36.6 Å². The summed E-state index contributed by atoms with van der Waals surface area (Å²) in [5, 5.41) is 12.5. The average molecular weight is 433 g/mol. The Bertz CT molecular complexity index is 842. The van der Waals surface area contributed by atoms with Crippen molar-refractivity contribution in [3.05, 3.63) is 41.3 Å². The molecule has 4 nitrogen and oxygen atoms in total. The molecule has 0 saturated heterocycles. The molecule has 1 heterocycles. The van der Waals surface area contributed by atoms with Gasteiger partial charge in [0.15, 0.2) is 5.82 Å². The number of hydrogen-bond acceptors (Lipinski definition) is 4. The molecule has 30 heavy (non-hydrogen) atoms. The number of hydrogen-bond donors (Lipinski definition) is 2. The molecule has 1 aromatic heterocycles. The van der Waals surface area contributed by atoms with Crippen LogP contribution in [0.5, 0.6) is 0 Å². The molecule has 0 amide bonds. The van der Waals surface area contributed by atoms with Crippen LogP contribution in [0.2, 0.25) is 0 Å². The van der Waals surface area contributed by atoms with Crippen LogP contribution in [0, 0.1) is 0 Å². The standard InChI is InChI=1S/C20H21F6N3O/c21-19(22,23)13-7-12(8-14(9-13)20(24,25)26)16-10-27-17(11-30)29-18(16)28-15-5-3-1-2-4-6-15/h7-10,15,30H,1-6,11H2,(H,27,28,29). The van der Waals surface area contributed by atoms with Crippen molar-refractivity contribution < 1.29 is 31.4 Å². The summed E-state index contributed by atoms with van der Waals surface area (Å²) in [4.78, 5) is 8.01. The maximum atomic E-state index is 13.2. The van der Waals surface area contributed by atoms with E-state index in [0.717, 1.165) is 44.7 Å². The van der Waals surface area contributed by atoms with E-state index in [9.17, 15) is 31.4 Å². The van der Waals surface area contributed by atoms with Crippen molar-refractivity contribution in [3.63, 3.8) is 0 Å². The molecule has 3 rings (SSSR count). The van der Waals surface area contributed by atoms with Crippen LogP contribution in [-0.4, -0.2) is 21.1 Å². The predicted molar refractivity (Wildman–Crippen MR) is 98.5 cm³/mol. The van der Waals surface area contributed by atoms with Crippen LogP contribution in [-0.2, 0) is 19.0 Å². The molecule has 164 valence electrons. The molecule has 0 aliphatic heterocycles. The Morgan fingerprint density at radius 2 is 1.47 bits per heavy atom. The number of halogens is 6. The zero-order valence-corrected chi connectivity index (χ0v) is 15.9. The number of aliphatic hydroxyl groups is 1. The molecule has 1 aliphatic rings. The van der Waals surface area contributed by atoms with Gasteiger partial charge in [-0.1, -0.05) is 25.7 Å². The number of nitrogens with one attached hydrogen (secondary N) is 1. The minimum absolute atomic E-state index is 0.0134. The normalized spacial score (nSPS) is 16.4. The van der Waals surface area contributed by atoms with Crippen LogP contribution < -0.4 is 5.32 Å². The molecule has 1 saturated carbocycles. The molecule has 10 heteroatoms. The van der Waals surface area contributed by atoms with Gasteiger partial charge in [0, 0.05) is 17.8 Å². The second kappa shape index (κ2) is 8.79. The minimum Gasteiger partial charge on any atom is -0.388 e. The van der Waals surface area contributed by atoms with Crippen molar-refractivity contribution in [3.8, 4) is 11.1 Å². The average Bonchev–Trinajstić information content (AvgIpc) is 2.95. The Morgan fingerprint density at radius 1 is 0.900 bits per heavy atom. The highest BCUT2D eigenvalue weighted by Gasteiger charge is 2.37. The van der Waals surface area contributed by atoms with Crippen molar-refractivity contribution >= 4 is 5.82 Å². The van der Waals surface area contributed by atoms with Gasteiger partial charge in [-0.15, -0.1) is 0 Å². The van der Waals surface area contributed by atoms with Gasteiger partial charge in [0.1, 0.15) is 12.4 Å². The SMILES string of the molecule is OCc1ncc(-c2cc(C(F)(F)F)cc(C(F)(F)F)c2)c(NC2CCCCCC2)n1. The summed E-state index contributed by atoms with van der Waals surface area (Å²) in [7, 11) is 0. The van der Waals surface area contributed by atoms with E-state index in [1.165, 1.54) is 0 Å². The maximum absolute atomic E-state index is 13.2. The Balaban J connectivity index is 2.09. The Labute approximate surface area is 169 Å². The van der Waals surface area contributed by atoms with Crippen LogP contribution in [0.25, 0.3) is 11.1 Å². The molecular weight excluding hydrogens is 412 g/mol. The number of rotatable bonds is 4. The minimum atomic E-state index is -4.95. The van der Waals surface area contributed by atoms with Crippen LogP contribution in [0.4, 0.5) is 32.2 Å². The molecule has 1 fully saturated rings. The summed E-state index contributed by atoms with van der Waals surface area (Å²) in [6.45, 7) is -0.504. The van der Waals surface area contributed by atoms with E-state index in [1.54, 1.807) is 0 Å². The largest absolute Gasteiger partial charge is 0.416 e. The zero-order valence-electron chi connectivity index (χ0n) is 15.9. The third-order valence-corrected chi connectivity index (χ3v) is 5.07. The number of anilines is 1. The topological polar surface area (TPSA) is 58.0 Å². The highest BCUT2D eigenvalue weighted by atomic mass is 19.4. The van der Waals surface area contributed by atoms with E-state index in [2.05, 4.69) is 15.3 Å². The maximum Gasteiger partial charge on any atom is 0.416 e. The molecule has 2 N–H and O–H groups in total. The number of aliphatic hydroxyl groups excluding tert-OH is 1. The lowest BCUT2D eigenvalue weighted by molar-refractivity contribution is -0.143. The van der Waals surface area contributed by atoms with E-state index in [4.69, 9.17) is 0 Å². The number of alkyl halides is 6. The first-order chi connectivity index (χ1) is 14.1. The molecule has 0 atom stereocenters. The van der Waals surface area contributed by atoms with Gasteiger partial charge in [-0.2, -0.15) is 26.3 Å². The van der Waals surface area contributed by atoms with Crippen molar-refractivity contribution in [2.45, 2.75) is 63.5 Å².